The van der Waals surface area contributed by atoms with Gasteiger partial charge in [-0.3, -0.25) is 4.79 Å². The second kappa shape index (κ2) is 5.85. The molecule has 88 valence electrons. The van der Waals surface area contributed by atoms with Crippen LogP contribution in [0.2, 0.25) is 0 Å². The molecular formula is C12H15ClFNO. The fourth-order valence-electron chi connectivity index (χ4n) is 1.30. The van der Waals surface area contributed by atoms with Crippen LogP contribution in [-0.4, -0.2) is 17.8 Å². The molecule has 1 unspecified atom stereocenters. The van der Waals surface area contributed by atoms with Crippen molar-refractivity contribution in [1.82, 2.24) is 5.32 Å². The standard InChI is InChI=1S/C12H15ClFNO/c1-3-10(7-13)15-12(16)9-4-5-11(14)8(2)6-9/h4-6,10H,3,7H2,1-2H3,(H,15,16). The average molecular weight is 244 g/mol. The molecule has 16 heavy (non-hydrogen) atoms. The van der Waals surface area contributed by atoms with Gasteiger partial charge in [-0.1, -0.05) is 6.92 Å². The van der Waals surface area contributed by atoms with E-state index in [4.69, 9.17) is 11.6 Å². The van der Waals surface area contributed by atoms with Crippen molar-refractivity contribution >= 4 is 17.5 Å². The molecule has 1 rings (SSSR count). The first kappa shape index (κ1) is 13.0. The summed E-state index contributed by atoms with van der Waals surface area (Å²) in [5.41, 5.74) is 0.925. The van der Waals surface area contributed by atoms with Gasteiger partial charge in [0, 0.05) is 17.5 Å². The van der Waals surface area contributed by atoms with Crippen LogP contribution in [0.3, 0.4) is 0 Å². The zero-order valence-electron chi connectivity index (χ0n) is 9.39. The number of hydrogen-bond donors (Lipinski definition) is 1. The van der Waals surface area contributed by atoms with E-state index in [1.165, 1.54) is 18.2 Å². The van der Waals surface area contributed by atoms with Crippen molar-refractivity contribution in [3.05, 3.63) is 35.1 Å². The molecule has 4 heteroatoms. The highest BCUT2D eigenvalue weighted by Crippen LogP contribution is 2.09. The molecule has 0 saturated heterocycles. The maximum atomic E-state index is 13.0. The number of halogens is 2. The number of hydrogen-bond acceptors (Lipinski definition) is 1. The molecule has 0 aliphatic rings. The Hall–Kier alpha value is -1.09. The largest absolute Gasteiger partial charge is 0.348 e. The van der Waals surface area contributed by atoms with E-state index in [-0.39, 0.29) is 17.8 Å². The van der Waals surface area contributed by atoms with Gasteiger partial charge in [0.2, 0.25) is 0 Å². The molecule has 1 aromatic rings. The Balaban J connectivity index is 2.76. The minimum atomic E-state index is -0.305. The van der Waals surface area contributed by atoms with Gasteiger partial charge in [-0.05, 0) is 37.1 Å². The number of alkyl halides is 1. The molecule has 0 aliphatic carbocycles. The first-order chi connectivity index (χ1) is 7.58. The van der Waals surface area contributed by atoms with Crippen molar-refractivity contribution in [1.29, 1.82) is 0 Å². The summed E-state index contributed by atoms with van der Waals surface area (Å²) in [4.78, 5) is 11.7. The Morgan fingerprint density at radius 1 is 1.56 bits per heavy atom. The van der Waals surface area contributed by atoms with Crippen molar-refractivity contribution in [2.75, 3.05) is 5.88 Å². The molecule has 0 radical (unpaired) electrons. The smallest absolute Gasteiger partial charge is 0.251 e. The molecule has 1 amide bonds. The third-order valence-corrected chi connectivity index (χ3v) is 2.81. The number of amides is 1. The van der Waals surface area contributed by atoms with E-state index in [1.54, 1.807) is 6.92 Å². The Bertz CT molecular complexity index is 377. The summed E-state index contributed by atoms with van der Waals surface area (Å²) in [5, 5.41) is 2.79. The predicted octanol–water partition coefficient (Wildman–Crippen LogP) is 2.88. The van der Waals surface area contributed by atoms with E-state index in [9.17, 15) is 9.18 Å². The van der Waals surface area contributed by atoms with Gasteiger partial charge >= 0.3 is 0 Å². The Labute approximate surface area is 99.8 Å². The minimum Gasteiger partial charge on any atom is -0.348 e. The Kier molecular flexibility index (Phi) is 4.74. The lowest BCUT2D eigenvalue weighted by Gasteiger charge is -2.13. The second-order valence-corrected chi connectivity index (χ2v) is 4.01. The van der Waals surface area contributed by atoms with Gasteiger partial charge in [-0.15, -0.1) is 11.6 Å². The topological polar surface area (TPSA) is 29.1 Å². The molecule has 1 N–H and O–H groups in total. The summed E-state index contributed by atoms with van der Waals surface area (Å²) in [6, 6.07) is 4.26. The summed E-state index contributed by atoms with van der Waals surface area (Å²) in [6.07, 6.45) is 0.773. The van der Waals surface area contributed by atoms with Gasteiger partial charge in [0.25, 0.3) is 5.91 Å². The predicted molar refractivity (Wildman–Crippen MR) is 63.4 cm³/mol. The fraction of sp³-hybridized carbons (Fsp3) is 0.417. The highest BCUT2D eigenvalue weighted by molar-refractivity contribution is 6.18. The van der Waals surface area contributed by atoms with Gasteiger partial charge in [0.15, 0.2) is 0 Å². The van der Waals surface area contributed by atoms with Crippen LogP contribution in [-0.2, 0) is 0 Å². The third kappa shape index (κ3) is 3.20. The monoisotopic (exact) mass is 243 g/mol. The van der Waals surface area contributed by atoms with Crippen molar-refractivity contribution < 1.29 is 9.18 Å². The van der Waals surface area contributed by atoms with Crippen LogP contribution < -0.4 is 5.32 Å². The van der Waals surface area contributed by atoms with Crippen LogP contribution >= 0.6 is 11.6 Å². The van der Waals surface area contributed by atoms with E-state index in [0.717, 1.165) is 6.42 Å². The first-order valence-corrected chi connectivity index (χ1v) is 5.75. The number of rotatable bonds is 4. The minimum absolute atomic E-state index is 0.0421. The van der Waals surface area contributed by atoms with Crippen molar-refractivity contribution in [2.45, 2.75) is 26.3 Å². The summed E-state index contributed by atoms with van der Waals surface area (Å²) in [5.74, 6) is -0.140. The van der Waals surface area contributed by atoms with Crippen LogP contribution in [0.4, 0.5) is 4.39 Å². The van der Waals surface area contributed by atoms with Gasteiger partial charge < -0.3 is 5.32 Å². The molecule has 1 aromatic carbocycles. The number of carbonyl (C=O) groups is 1. The third-order valence-electron chi connectivity index (χ3n) is 2.43. The fourth-order valence-corrected chi connectivity index (χ4v) is 1.60. The van der Waals surface area contributed by atoms with Gasteiger partial charge in [-0.2, -0.15) is 0 Å². The highest BCUT2D eigenvalue weighted by Gasteiger charge is 2.11. The molecule has 0 fully saturated rings. The molecule has 1 atom stereocenters. The first-order valence-electron chi connectivity index (χ1n) is 5.21. The number of aryl methyl sites for hydroxylation is 1. The van der Waals surface area contributed by atoms with Gasteiger partial charge in [0.05, 0.1) is 0 Å². The van der Waals surface area contributed by atoms with Crippen molar-refractivity contribution in [3.63, 3.8) is 0 Å². The van der Waals surface area contributed by atoms with E-state index in [2.05, 4.69) is 5.32 Å². The lowest BCUT2D eigenvalue weighted by atomic mass is 10.1. The van der Waals surface area contributed by atoms with E-state index < -0.39 is 0 Å². The highest BCUT2D eigenvalue weighted by atomic mass is 35.5. The van der Waals surface area contributed by atoms with Gasteiger partial charge in [-0.25, -0.2) is 4.39 Å². The summed E-state index contributed by atoms with van der Waals surface area (Å²) in [6.45, 7) is 3.58. The molecule has 0 saturated carbocycles. The zero-order chi connectivity index (χ0) is 12.1. The molecule has 0 spiro atoms. The van der Waals surface area contributed by atoms with E-state index in [1.807, 2.05) is 6.92 Å². The number of carbonyl (C=O) groups excluding carboxylic acids is 1. The van der Waals surface area contributed by atoms with E-state index in [0.29, 0.717) is 17.0 Å². The van der Waals surface area contributed by atoms with E-state index >= 15 is 0 Å². The normalized spacial score (nSPS) is 12.2. The summed E-state index contributed by atoms with van der Waals surface area (Å²) in [7, 11) is 0. The Morgan fingerprint density at radius 2 is 2.25 bits per heavy atom. The van der Waals surface area contributed by atoms with Crippen LogP contribution in [0, 0.1) is 12.7 Å². The molecule has 0 bridgehead atoms. The number of nitrogens with one attached hydrogen (secondary N) is 1. The Morgan fingerprint density at radius 3 is 2.75 bits per heavy atom. The average Bonchev–Trinajstić information content (AvgIpc) is 2.29. The van der Waals surface area contributed by atoms with Gasteiger partial charge in [0.1, 0.15) is 5.82 Å². The second-order valence-electron chi connectivity index (χ2n) is 3.70. The van der Waals surface area contributed by atoms with Crippen molar-refractivity contribution in [2.24, 2.45) is 0 Å². The molecule has 0 aromatic heterocycles. The van der Waals surface area contributed by atoms with Crippen LogP contribution in [0.15, 0.2) is 18.2 Å². The molecule has 2 nitrogen and oxygen atoms in total. The van der Waals surface area contributed by atoms with Crippen molar-refractivity contribution in [3.8, 4) is 0 Å². The summed E-state index contributed by atoms with van der Waals surface area (Å²) < 4.78 is 13.0. The molecular weight excluding hydrogens is 229 g/mol. The molecule has 0 heterocycles. The maximum Gasteiger partial charge on any atom is 0.251 e. The zero-order valence-corrected chi connectivity index (χ0v) is 10.1. The maximum absolute atomic E-state index is 13.0. The lowest BCUT2D eigenvalue weighted by Crippen LogP contribution is -2.35. The quantitative estimate of drug-likeness (QED) is 0.810. The van der Waals surface area contributed by atoms with Crippen LogP contribution in [0.5, 0.6) is 0 Å². The SMILES string of the molecule is CCC(CCl)NC(=O)c1ccc(F)c(C)c1. The van der Waals surface area contributed by atoms with Crippen LogP contribution in [0.1, 0.15) is 29.3 Å². The lowest BCUT2D eigenvalue weighted by molar-refractivity contribution is 0.0939. The molecule has 0 aliphatic heterocycles. The van der Waals surface area contributed by atoms with Crippen LogP contribution in [0.25, 0.3) is 0 Å². The summed E-state index contributed by atoms with van der Waals surface area (Å²) >= 11 is 5.68. The number of benzene rings is 1.